The Labute approximate surface area is 81.7 Å². The largest absolute Gasteiger partial charge is 0.340 e. The second kappa shape index (κ2) is 3.93. The summed E-state index contributed by atoms with van der Waals surface area (Å²) in [5, 5.41) is 9.61. The zero-order chi connectivity index (χ0) is 9.97. The highest BCUT2D eigenvalue weighted by molar-refractivity contribution is 4.91. The van der Waals surface area contributed by atoms with Crippen LogP contribution in [0, 0.1) is 0 Å². The number of aromatic nitrogens is 3. The minimum absolute atomic E-state index is 0.177. The zero-order valence-corrected chi connectivity index (χ0v) is 8.21. The molecule has 1 fully saturated rings. The van der Waals surface area contributed by atoms with Crippen molar-refractivity contribution in [2.45, 2.75) is 13.0 Å². The van der Waals surface area contributed by atoms with Gasteiger partial charge < -0.3 is 5.32 Å². The SMILES string of the molecule is CC(c1n[nH]c(=O)[nH]1)N1CCNCC1. The number of hydrogen-bond donors (Lipinski definition) is 3. The Hall–Kier alpha value is -1.14. The van der Waals surface area contributed by atoms with Crippen molar-refractivity contribution >= 4 is 0 Å². The lowest BCUT2D eigenvalue weighted by Crippen LogP contribution is -2.44. The first-order valence-electron chi connectivity index (χ1n) is 4.87. The summed E-state index contributed by atoms with van der Waals surface area (Å²) in [5.41, 5.74) is -0.234. The molecule has 14 heavy (non-hydrogen) atoms. The maximum absolute atomic E-state index is 10.9. The Kier molecular flexibility index (Phi) is 2.64. The van der Waals surface area contributed by atoms with E-state index in [4.69, 9.17) is 0 Å². The molecule has 0 aromatic carbocycles. The molecule has 2 rings (SSSR count). The predicted octanol–water partition coefficient (Wildman–Crippen LogP) is -0.936. The number of nitrogens with one attached hydrogen (secondary N) is 3. The van der Waals surface area contributed by atoms with Gasteiger partial charge in [-0.2, -0.15) is 5.10 Å². The number of piperazine rings is 1. The lowest BCUT2D eigenvalue weighted by Gasteiger charge is -2.31. The molecule has 1 aromatic heterocycles. The number of nitrogens with zero attached hydrogens (tertiary/aromatic N) is 2. The maximum Gasteiger partial charge on any atom is 0.340 e. The summed E-state index contributed by atoms with van der Waals surface area (Å²) in [6.45, 7) is 6.04. The minimum atomic E-state index is -0.234. The topological polar surface area (TPSA) is 76.8 Å². The molecule has 0 radical (unpaired) electrons. The van der Waals surface area contributed by atoms with E-state index in [2.05, 4.69) is 32.3 Å². The van der Waals surface area contributed by atoms with Gasteiger partial charge in [-0.3, -0.25) is 9.88 Å². The summed E-state index contributed by atoms with van der Waals surface area (Å²) in [6, 6.07) is 0.177. The second-order valence-electron chi connectivity index (χ2n) is 3.52. The van der Waals surface area contributed by atoms with Gasteiger partial charge in [0, 0.05) is 26.2 Å². The van der Waals surface area contributed by atoms with E-state index >= 15 is 0 Å². The molecule has 1 saturated heterocycles. The predicted molar refractivity (Wildman–Crippen MR) is 52.1 cm³/mol. The van der Waals surface area contributed by atoms with Crippen molar-refractivity contribution in [2.24, 2.45) is 0 Å². The Morgan fingerprint density at radius 2 is 2.14 bits per heavy atom. The van der Waals surface area contributed by atoms with Crippen molar-refractivity contribution < 1.29 is 0 Å². The summed E-state index contributed by atoms with van der Waals surface area (Å²) in [5.74, 6) is 0.719. The first-order valence-corrected chi connectivity index (χ1v) is 4.87. The van der Waals surface area contributed by atoms with Gasteiger partial charge in [0.1, 0.15) is 5.82 Å². The molecule has 0 bridgehead atoms. The normalized spacial score (nSPS) is 20.9. The highest BCUT2D eigenvalue weighted by Gasteiger charge is 2.19. The molecule has 1 unspecified atom stereocenters. The fraction of sp³-hybridized carbons (Fsp3) is 0.750. The molecule has 6 heteroatoms. The van der Waals surface area contributed by atoms with Crippen LogP contribution in [0.3, 0.4) is 0 Å². The van der Waals surface area contributed by atoms with Crippen LogP contribution in [0.15, 0.2) is 4.79 Å². The Bertz CT molecular complexity index is 338. The van der Waals surface area contributed by atoms with Gasteiger partial charge in [0.05, 0.1) is 6.04 Å². The highest BCUT2D eigenvalue weighted by atomic mass is 16.1. The molecular weight excluding hydrogens is 182 g/mol. The number of H-pyrrole nitrogens is 2. The minimum Gasteiger partial charge on any atom is -0.314 e. The van der Waals surface area contributed by atoms with E-state index in [-0.39, 0.29) is 11.7 Å². The Balaban J connectivity index is 2.06. The summed E-state index contributed by atoms with van der Waals surface area (Å²) in [7, 11) is 0. The molecule has 3 N–H and O–H groups in total. The lowest BCUT2D eigenvalue weighted by molar-refractivity contribution is 0.179. The smallest absolute Gasteiger partial charge is 0.314 e. The van der Waals surface area contributed by atoms with E-state index in [9.17, 15) is 4.79 Å². The van der Waals surface area contributed by atoms with Crippen molar-refractivity contribution in [1.29, 1.82) is 0 Å². The third kappa shape index (κ3) is 1.85. The van der Waals surface area contributed by atoms with E-state index in [1.807, 2.05) is 0 Å². The average Bonchev–Trinajstić information content (AvgIpc) is 2.65. The summed E-state index contributed by atoms with van der Waals surface area (Å²) < 4.78 is 0. The zero-order valence-electron chi connectivity index (χ0n) is 8.21. The Morgan fingerprint density at radius 1 is 1.43 bits per heavy atom. The average molecular weight is 197 g/mol. The van der Waals surface area contributed by atoms with Crippen molar-refractivity contribution in [3.05, 3.63) is 16.3 Å². The van der Waals surface area contributed by atoms with E-state index in [1.54, 1.807) is 0 Å². The molecule has 0 amide bonds. The van der Waals surface area contributed by atoms with Crippen LogP contribution in [0.2, 0.25) is 0 Å². The summed E-state index contributed by atoms with van der Waals surface area (Å²) >= 11 is 0. The van der Waals surface area contributed by atoms with Crippen LogP contribution in [-0.2, 0) is 0 Å². The molecule has 0 spiro atoms. The van der Waals surface area contributed by atoms with Gasteiger partial charge in [-0.25, -0.2) is 9.89 Å². The quantitative estimate of drug-likeness (QED) is 0.572. The van der Waals surface area contributed by atoms with Crippen LogP contribution in [0.5, 0.6) is 0 Å². The second-order valence-corrected chi connectivity index (χ2v) is 3.52. The van der Waals surface area contributed by atoms with Crippen molar-refractivity contribution in [2.75, 3.05) is 26.2 Å². The summed E-state index contributed by atoms with van der Waals surface area (Å²) in [6.07, 6.45) is 0. The molecule has 0 aliphatic carbocycles. The van der Waals surface area contributed by atoms with Crippen LogP contribution in [0.4, 0.5) is 0 Å². The Morgan fingerprint density at radius 3 is 2.71 bits per heavy atom. The van der Waals surface area contributed by atoms with Crippen molar-refractivity contribution in [3.63, 3.8) is 0 Å². The number of rotatable bonds is 2. The molecule has 0 saturated carbocycles. The van der Waals surface area contributed by atoms with Crippen molar-refractivity contribution in [1.82, 2.24) is 25.4 Å². The molecule has 6 nitrogen and oxygen atoms in total. The van der Waals surface area contributed by atoms with E-state index in [1.165, 1.54) is 0 Å². The van der Waals surface area contributed by atoms with Crippen LogP contribution in [0.1, 0.15) is 18.8 Å². The number of hydrogen-bond acceptors (Lipinski definition) is 4. The fourth-order valence-corrected chi connectivity index (χ4v) is 1.72. The summed E-state index contributed by atoms with van der Waals surface area (Å²) in [4.78, 5) is 15.9. The van der Waals surface area contributed by atoms with Gasteiger partial charge in [0.2, 0.25) is 0 Å². The van der Waals surface area contributed by atoms with Crippen LogP contribution in [-0.4, -0.2) is 46.3 Å². The maximum atomic E-state index is 10.9. The molecule has 1 aromatic rings. The third-order valence-electron chi connectivity index (χ3n) is 2.61. The monoisotopic (exact) mass is 197 g/mol. The van der Waals surface area contributed by atoms with Crippen LogP contribution >= 0.6 is 0 Å². The van der Waals surface area contributed by atoms with Gasteiger partial charge in [-0.05, 0) is 6.92 Å². The molecule has 2 heterocycles. The standard InChI is InChI=1S/C8H15N5O/c1-6(7-10-8(14)12-11-7)13-4-2-9-3-5-13/h6,9H,2-5H2,1H3,(H2,10,11,12,14). The molecule has 1 aliphatic rings. The van der Waals surface area contributed by atoms with Gasteiger partial charge in [0.25, 0.3) is 0 Å². The van der Waals surface area contributed by atoms with E-state index < -0.39 is 0 Å². The third-order valence-corrected chi connectivity index (χ3v) is 2.61. The van der Waals surface area contributed by atoms with Gasteiger partial charge in [0.15, 0.2) is 0 Å². The molecule has 1 aliphatic heterocycles. The van der Waals surface area contributed by atoms with Crippen LogP contribution < -0.4 is 11.0 Å². The lowest BCUT2D eigenvalue weighted by atomic mass is 10.2. The fourth-order valence-electron chi connectivity index (χ4n) is 1.72. The molecular formula is C8H15N5O. The van der Waals surface area contributed by atoms with Crippen LogP contribution in [0.25, 0.3) is 0 Å². The highest BCUT2D eigenvalue weighted by Crippen LogP contribution is 2.14. The van der Waals surface area contributed by atoms with Gasteiger partial charge in [-0.1, -0.05) is 0 Å². The van der Waals surface area contributed by atoms with Crippen molar-refractivity contribution in [3.8, 4) is 0 Å². The first kappa shape index (κ1) is 9.42. The van der Waals surface area contributed by atoms with E-state index in [0.717, 1.165) is 32.0 Å². The molecule has 78 valence electrons. The molecule has 1 atom stereocenters. The van der Waals surface area contributed by atoms with E-state index in [0.29, 0.717) is 0 Å². The van der Waals surface area contributed by atoms with Gasteiger partial charge >= 0.3 is 5.69 Å². The van der Waals surface area contributed by atoms with Gasteiger partial charge in [-0.15, -0.1) is 0 Å². The number of aromatic amines is 2. The first-order chi connectivity index (χ1) is 6.77.